The SMILES string of the molecule is CC(C)c1ccnc(C2=CCOCC2)n1. The third-order valence-corrected chi connectivity index (χ3v) is 2.52. The van der Waals surface area contributed by atoms with Crippen molar-refractivity contribution in [3.63, 3.8) is 0 Å². The number of rotatable bonds is 2. The van der Waals surface area contributed by atoms with Crippen LogP contribution in [0.2, 0.25) is 0 Å². The van der Waals surface area contributed by atoms with E-state index in [9.17, 15) is 0 Å². The molecular weight excluding hydrogens is 188 g/mol. The first-order chi connectivity index (χ1) is 7.27. The Morgan fingerprint density at radius 2 is 2.27 bits per heavy atom. The van der Waals surface area contributed by atoms with Crippen LogP contribution >= 0.6 is 0 Å². The Hall–Kier alpha value is -1.22. The molecule has 0 amide bonds. The lowest BCUT2D eigenvalue weighted by molar-refractivity contribution is 0.161. The average Bonchev–Trinajstić information content (AvgIpc) is 2.30. The van der Waals surface area contributed by atoms with Crippen LogP contribution in [0.4, 0.5) is 0 Å². The summed E-state index contributed by atoms with van der Waals surface area (Å²) in [5.74, 6) is 1.32. The minimum atomic E-state index is 0.451. The Morgan fingerprint density at radius 3 is 2.93 bits per heavy atom. The molecule has 15 heavy (non-hydrogen) atoms. The van der Waals surface area contributed by atoms with Crippen LogP contribution in [-0.4, -0.2) is 23.2 Å². The Bertz CT molecular complexity index is 372. The van der Waals surface area contributed by atoms with E-state index in [1.807, 2.05) is 12.3 Å². The zero-order chi connectivity index (χ0) is 10.7. The molecule has 0 aromatic carbocycles. The van der Waals surface area contributed by atoms with Crippen molar-refractivity contribution in [2.75, 3.05) is 13.2 Å². The van der Waals surface area contributed by atoms with Gasteiger partial charge in [0.15, 0.2) is 5.82 Å². The van der Waals surface area contributed by atoms with Gasteiger partial charge in [-0.3, -0.25) is 0 Å². The van der Waals surface area contributed by atoms with E-state index in [2.05, 4.69) is 29.9 Å². The maximum absolute atomic E-state index is 5.27. The molecule has 1 aromatic rings. The summed E-state index contributed by atoms with van der Waals surface area (Å²) in [4.78, 5) is 8.87. The highest BCUT2D eigenvalue weighted by molar-refractivity contribution is 5.60. The van der Waals surface area contributed by atoms with Crippen LogP contribution in [0.15, 0.2) is 18.3 Å². The van der Waals surface area contributed by atoms with Gasteiger partial charge in [-0.05, 0) is 24.0 Å². The van der Waals surface area contributed by atoms with Crippen LogP contribution in [0, 0.1) is 0 Å². The van der Waals surface area contributed by atoms with Crippen molar-refractivity contribution in [3.05, 3.63) is 29.9 Å². The second-order valence-corrected chi connectivity index (χ2v) is 4.01. The highest BCUT2D eigenvalue weighted by Gasteiger charge is 2.10. The molecule has 0 N–H and O–H groups in total. The second-order valence-electron chi connectivity index (χ2n) is 4.01. The van der Waals surface area contributed by atoms with E-state index in [-0.39, 0.29) is 0 Å². The first-order valence-corrected chi connectivity index (χ1v) is 5.37. The molecule has 1 aromatic heterocycles. The Morgan fingerprint density at radius 1 is 1.40 bits per heavy atom. The lowest BCUT2D eigenvalue weighted by atomic mass is 10.1. The lowest BCUT2D eigenvalue weighted by Gasteiger charge is -2.13. The van der Waals surface area contributed by atoms with Crippen LogP contribution in [-0.2, 0) is 4.74 Å². The highest BCUT2D eigenvalue weighted by Crippen LogP contribution is 2.19. The van der Waals surface area contributed by atoms with Crippen molar-refractivity contribution >= 4 is 5.57 Å². The van der Waals surface area contributed by atoms with E-state index in [0.717, 1.165) is 24.5 Å². The number of hydrogen-bond donors (Lipinski definition) is 0. The van der Waals surface area contributed by atoms with Gasteiger partial charge >= 0.3 is 0 Å². The van der Waals surface area contributed by atoms with Gasteiger partial charge < -0.3 is 4.74 Å². The van der Waals surface area contributed by atoms with Gasteiger partial charge in [-0.25, -0.2) is 9.97 Å². The molecule has 0 saturated heterocycles. The molecule has 0 radical (unpaired) electrons. The van der Waals surface area contributed by atoms with Gasteiger partial charge in [0.1, 0.15) is 0 Å². The van der Waals surface area contributed by atoms with Crippen molar-refractivity contribution in [1.82, 2.24) is 9.97 Å². The monoisotopic (exact) mass is 204 g/mol. The minimum absolute atomic E-state index is 0.451. The first kappa shape index (κ1) is 10.3. The molecule has 80 valence electrons. The molecule has 0 fully saturated rings. The smallest absolute Gasteiger partial charge is 0.155 e. The van der Waals surface area contributed by atoms with Crippen molar-refractivity contribution in [1.29, 1.82) is 0 Å². The minimum Gasteiger partial charge on any atom is -0.377 e. The molecule has 1 aliphatic heterocycles. The van der Waals surface area contributed by atoms with Gasteiger partial charge in [0, 0.05) is 11.9 Å². The maximum atomic E-state index is 5.27. The van der Waals surface area contributed by atoms with E-state index < -0.39 is 0 Å². The summed E-state index contributed by atoms with van der Waals surface area (Å²) < 4.78 is 5.27. The molecule has 3 nitrogen and oxygen atoms in total. The molecule has 2 rings (SSSR count). The van der Waals surface area contributed by atoms with E-state index in [0.29, 0.717) is 12.5 Å². The zero-order valence-electron chi connectivity index (χ0n) is 9.23. The van der Waals surface area contributed by atoms with E-state index in [4.69, 9.17) is 4.74 Å². The summed E-state index contributed by atoms with van der Waals surface area (Å²) in [5, 5.41) is 0. The van der Waals surface area contributed by atoms with Gasteiger partial charge in [-0.2, -0.15) is 0 Å². The average molecular weight is 204 g/mol. The standard InChI is InChI=1S/C12H16N2O/c1-9(2)11-3-6-13-12(14-11)10-4-7-15-8-5-10/h3-4,6,9H,5,7-8H2,1-2H3. The van der Waals surface area contributed by atoms with Crippen LogP contribution in [0.5, 0.6) is 0 Å². The summed E-state index contributed by atoms with van der Waals surface area (Å²) in [6.07, 6.45) is 4.83. The van der Waals surface area contributed by atoms with Gasteiger partial charge in [0.2, 0.25) is 0 Å². The fourth-order valence-corrected chi connectivity index (χ4v) is 1.58. The Labute approximate surface area is 90.2 Å². The van der Waals surface area contributed by atoms with Crippen LogP contribution in [0.3, 0.4) is 0 Å². The molecule has 0 atom stereocenters. The summed E-state index contributed by atoms with van der Waals surface area (Å²) >= 11 is 0. The number of hydrogen-bond acceptors (Lipinski definition) is 3. The third-order valence-electron chi connectivity index (χ3n) is 2.52. The van der Waals surface area contributed by atoms with Crippen LogP contribution in [0.1, 0.15) is 37.7 Å². The normalized spacial score (nSPS) is 16.6. The molecule has 0 bridgehead atoms. The highest BCUT2D eigenvalue weighted by atomic mass is 16.5. The Kier molecular flexibility index (Phi) is 3.11. The van der Waals surface area contributed by atoms with Crippen molar-refractivity contribution < 1.29 is 4.74 Å². The topological polar surface area (TPSA) is 35.0 Å². The van der Waals surface area contributed by atoms with E-state index >= 15 is 0 Å². The zero-order valence-corrected chi connectivity index (χ0v) is 9.23. The van der Waals surface area contributed by atoms with E-state index in [1.165, 1.54) is 5.57 Å². The fourth-order valence-electron chi connectivity index (χ4n) is 1.58. The number of nitrogens with zero attached hydrogens (tertiary/aromatic N) is 2. The predicted molar refractivity (Wildman–Crippen MR) is 59.5 cm³/mol. The Balaban J connectivity index is 2.27. The third kappa shape index (κ3) is 2.42. The summed E-state index contributed by atoms with van der Waals surface area (Å²) in [5.41, 5.74) is 2.32. The van der Waals surface area contributed by atoms with Gasteiger partial charge in [0.05, 0.1) is 13.2 Å². The van der Waals surface area contributed by atoms with Crippen LogP contribution in [0.25, 0.3) is 5.57 Å². The summed E-state index contributed by atoms with van der Waals surface area (Å²) in [7, 11) is 0. The van der Waals surface area contributed by atoms with Gasteiger partial charge in [-0.15, -0.1) is 0 Å². The quantitative estimate of drug-likeness (QED) is 0.742. The molecule has 0 aliphatic carbocycles. The first-order valence-electron chi connectivity index (χ1n) is 5.37. The number of ether oxygens (including phenoxy) is 1. The molecule has 0 spiro atoms. The molecule has 0 saturated carbocycles. The van der Waals surface area contributed by atoms with Crippen molar-refractivity contribution in [2.24, 2.45) is 0 Å². The largest absolute Gasteiger partial charge is 0.377 e. The molecule has 0 unspecified atom stereocenters. The van der Waals surface area contributed by atoms with Crippen LogP contribution < -0.4 is 0 Å². The fraction of sp³-hybridized carbons (Fsp3) is 0.500. The maximum Gasteiger partial charge on any atom is 0.155 e. The lowest BCUT2D eigenvalue weighted by Crippen LogP contribution is -2.07. The summed E-state index contributed by atoms with van der Waals surface area (Å²) in [6.45, 7) is 5.75. The number of aromatic nitrogens is 2. The second kappa shape index (κ2) is 4.53. The van der Waals surface area contributed by atoms with Crippen molar-refractivity contribution in [2.45, 2.75) is 26.2 Å². The molecular formula is C12H16N2O. The van der Waals surface area contributed by atoms with Gasteiger partial charge in [-0.1, -0.05) is 19.9 Å². The molecule has 2 heterocycles. The van der Waals surface area contributed by atoms with Crippen molar-refractivity contribution in [3.8, 4) is 0 Å². The predicted octanol–water partition coefficient (Wildman–Crippen LogP) is 2.40. The van der Waals surface area contributed by atoms with Gasteiger partial charge in [0.25, 0.3) is 0 Å². The molecule has 1 aliphatic rings. The van der Waals surface area contributed by atoms with E-state index in [1.54, 1.807) is 0 Å². The molecule has 3 heteroatoms. The summed E-state index contributed by atoms with van der Waals surface area (Å²) in [6, 6.07) is 1.98.